The first-order valence-electron chi connectivity index (χ1n) is 9.25. The van der Waals surface area contributed by atoms with E-state index in [1.54, 1.807) is 0 Å². The molecule has 0 unspecified atom stereocenters. The Morgan fingerprint density at radius 3 is 1.75 bits per heavy atom. The molecule has 0 atom stereocenters. The molecule has 0 aliphatic carbocycles. The van der Waals surface area contributed by atoms with E-state index in [4.69, 9.17) is 0 Å². The van der Waals surface area contributed by atoms with Gasteiger partial charge in [-0.3, -0.25) is 4.90 Å². The molecule has 2 nitrogen and oxygen atoms in total. The predicted molar refractivity (Wildman–Crippen MR) is 90.4 cm³/mol. The monoisotopic (exact) mass is 282 g/mol. The normalized spacial score (nSPS) is 17.6. The van der Waals surface area contributed by atoms with E-state index in [1.807, 2.05) is 0 Å². The summed E-state index contributed by atoms with van der Waals surface area (Å²) >= 11 is 0. The SMILES string of the molecule is CCCCCC(CCC)(CCCCC)N1CCNCC1. The quantitative estimate of drug-likeness (QED) is 0.558. The van der Waals surface area contributed by atoms with E-state index in [0.717, 1.165) is 0 Å². The van der Waals surface area contributed by atoms with E-state index in [-0.39, 0.29) is 0 Å². The third-order valence-corrected chi connectivity index (χ3v) is 4.99. The van der Waals surface area contributed by atoms with Gasteiger partial charge in [-0.1, -0.05) is 65.7 Å². The van der Waals surface area contributed by atoms with Gasteiger partial charge in [0.05, 0.1) is 0 Å². The van der Waals surface area contributed by atoms with Crippen LogP contribution in [0.4, 0.5) is 0 Å². The van der Waals surface area contributed by atoms with Crippen LogP contribution in [0, 0.1) is 0 Å². The van der Waals surface area contributed by atoms with Crippen molar-refractivity contribution in [3.8, 4) is 0 Å². The molecule has 120 valence electrons. The van der Waals surface area contributed by atoms with Gasteiger partial charge in [0.25, 0.3) is 0 Å². The molecule has 0 aromatic rings. The Bertz CT molecular complexity index is 211. The maximum absolute atomic E-state index is 3.52. The molecular formula is C18H38N2. The van der Waals surface area contributed by atoms with E-state index in [0.29, 0.717) is 5.54 Å². The van der Waals surface area contributed by atoms with Gasteiger partial charge in [-0.2, -0.15) is 0 Å². The third-order valence-electron chi connectivity index (χ3n) is 4.99. The number of hydrogen-bond donors (Lipinski definition) is 1. The first kappa shape index (κ1) is 18.0. The molecular weight excluding hydrogens is 244 g/mol. The first-order valence-corrected chi connectivity index (χ1v) is 9.25. The fourth-order valence-electron chi connectivity index (χ4n) is 3.86. The molecule has 1 N–H and O–H groups in total. The second-order valence-corrected chi connectivity index (χ2v) is 6.63. The number of piperazine rings is 1. The van der Waals surface area contributed by atoms with Gasteiger partial charge >= 0.3 is 0 Å². The zero-order valence-corrected chi connectivity index (χ0v) is 14.3. The van der Waals surface area contributed by atoms with E-state index in [1.165, 1.54) is 90.4 Å². The molecule has 0 aromatic heterocycles. The van der Waals surface area contributed by atoms with Crippen molar-refractivity contribution in [3.05, 3.63) is 0 Å². The van der Waals surface area contributed by atoms with Crippen molar-refractivity contribution in [1.82, 2.24) is 10.2 Å². The van der Waals surface area contributed by atoms with Crippen molar-refractivity contribution < 1.29 is 0 Å². The minimum absolute atomic E-state index is 0.515. The van der Waals surface area contributed by atoms with E-state index >= 15 is 0 Å². The van der Waals surface area contributed by atoms with Gasteiger partial charge in [0.1, 0.15) is 0 Å². The Hall–Kier alpha value is -0.0800. The molecule has 1 aliphatic rings. The first-order chi connectivity index (χ1) is 9.79. The lowest BCUT2D eigenvalue weighted by atomic mass is 9.80. The number of hydrogen-bond acceptors (Lipinski definition) is 2. The highest BCUT2D eigenvalue weighted by Gasteiger charge is 2.35. The fourth-order valence-corrected chi connectivity index (χ4v) is 3.86. The van der Waals surface area contributed by atoms with Crippen molar-refractivity contribution in [2.75, 3.05) is 26.2 Å². The summed E-state index contributed by atoms with van der Waals surface area (Å²) in [5.74, 6) is 0. The summed E-state index contributed by atoms with van der Waals surface area (Å²) in [7, 11) is 0. The number of rotatable bonds is 11. The maximum atomic E-state index is 3.52. The van der Waals surface area contributed by atoms with Gasteiger partial charge in [0.2, 0.25) is 0 Å². The fraction of sp³-hybridized carbons (Fsp3) is 1.00. The van der Waals surface area contributed by atoms with Crippen molar-refractivity contribution in [2.24, 2.45) is 0 Å². The summed E-state index contributed by atoms with van der Waals surface area (Å²) in [5, 5.41) is 3.52. The zero-order chi connectivity index (χ0) is 14.7. The van der Waals surface area contributed by atoms with Crippen LogP contribution < -0.4 is 5.32 Å². The number of unbranched alkanes of at least 4 members (excludes halogenated alkanes) is 4. The summed E-state index contributed by atoms with van der Waals surface area (Å²) in [6.45, 7) is 11.9. The lowest BCUT2D eigenvalue weighted by molar-refractivity contribution is 0.0436. The largest absolute Gasteiger partial charge is 0.314 e. The van der Waals surface area contributed by atoms with Crippen LogP contribution in [-0.2, 0) is 0 Å². The van der Waals surface area contributed by atoms with Crippen molar-refractivity contribution in [1.29, 1.82) is 0 Å². The van der Waals surface area contributed by atoms with E-state index in [2.05, 4.69) is 31.0 Å². The third kappa shape index (κ3) is 5.73. The molecule has 1 aliphatic heterocycles. The maximum Gasteiger partial charge on any atom is 0.0210 e. The van der Waals surface area contributed by atoms with Gasteiger partial charge in [0.15, 0.2) is 0 Å². The average molecular weight is 283 g/mol. The lowest BCUT2D eigenvalue weighted by Gasteiger charge is -2.47. The summed E-state index contributed by atoms with van der Waals surface area (Å²) in [4.78, 5) is 2.85. The molecule has 0 bridgehead atoms. The Balaban J connectivity index is 2.67. The zero-order valence-electron chi connectivity index (χ0n) is 14.3. The topological polar surface area (TPSA) is 15.3 Å². The van der Waals surface area contributed by atoms with Gasteiger partial charge in [-0.05, 0) is 19.3 Å². The van der Waals surface area contributed by atoms with Crippen LogP contribution in [-0.4, -0.2) is 36.6 Å². The summed E-state index contributed by atoms with van der Waals surface area (Å²) in [5.41, 5.74) is 0.515. The highest BCUT2D eigenvalue weighted by Crippen LogP contribution is 2.34. The molecule has 0 radical (unpaired) electrons. The van der Waals surface area contributed by atoms with E-state index < -0.39 is 0 Å². The smallest absolute Gasteiger partial charge is 0.0210 e. The Morgan fingerprint density at radius 1 is 0.750 bits per heavy atom. The van der Waals surface area contributed by atoms with Crippen LogP contribution in [0.2, 0.25) is 0 Å². The number of nitrogens with zero attached hydrogens (tertiary/aromatic N) is 1. The second-order valence-electron chi connectivity index (χ2n) is 6.63. The van der Waals surface area contributed by atoms with Gasteiger partial charge in [0, 0.05) is 31.7 Å². The molecule has 0 spiro atoms. The Kier molecular flexibility index (Phi) is 9.54. The van der Waals surface area contributed by atoms with Crippen molar-refractivity contribution >= 4 is 0 Å². The van der Waals surface area contributed by atoms with Crippen molar-refractivity contribution in [3.63, 3.8) is 0 Å². The lowest BCUT2D eigenvalue weighted by Crippen LogP contribution is -2.56. The molecule has 1 saturated heterocycles. The van der Waals surface area contributed by atoms with Crippen LogP contribution >= 0.6 is 0 Å². The van der Waals surface area contributed by atoms with Gasteiger partial charge in [-0.15, -0.1) is 0 Å². The van der Waals surface area contributed by atoms with Gasteiger partial charge in [-0.25, -0.2) is 0 Å². The summed E-state index contributed by atoms with van der Waals surface area (Å²) < 4.78 is 0. The molecule has 0 amide bonds. The highest BCUT2D eigenvalue weighted by molar-refractivity contribution is 4.92. The van der Waals surface area contributed by atoms with Gasteiger partial charge < -0.3 is 5.32 Å². The molecule has 20 heavy (non-hydrogen) atoms. The molecule has 0 aromatic carbocycles. The van der Waals surface area contributed by atoms with Crippen LogP contribution in [0.25, 0.3) is 0 Å². The minimum Gasteiger partial charge on any atom is -0.314 e. The van der Waals surface area contributed by atoms with E-state index in [9.17, 15) is 0 Å². The van der Waals surface area contributed by atoms with Crippen LogP contribution in [0.1, 0.15) is 85.0 Å². The molecule has 2 heteroatoms. The molecule has 1 heterocycles. The van der Waals surface area contributed by atoms with Crippen LogP contribution in [0.5, 0.6) is 0 Å². The number of nitrogens with one attached hydrogen (secondary N) is 1. The summed E-state index contributed by atoms with van der Waals surface area (Å²) in [6, 6.07) is 0. The predicted octanol–water partition coefficient (Wildman–Crippen LogP) is 4.59. The second kappa shape index (κ2) is 10.6. The molecule has 1 rings (SSSR count). The molecule has 0 saturated carbocycles. The minimum atomic E-state index is 0.515. The average Bonchev–Trinajstić information content (AvgIpc) is 2.48. The van der Waals surface area contributed by atoms with Crippen molar-refractivity contribution in [2.45, 2.75) is 90.5 Å². The summed E-state index contributed by atoms with van der Waals surface area (Å²) in [6.07, 6.45) is 14.0. The molecule has 1 fully saturated rings. The Morgan fingerprint density at radius 2 is 1.30 bits per heavy atom. The van der Waals surface area contributed by atoms with Crippen LogP contribution in [0.3, 0.4) is 0 Å². The highest BCUT2D eigenvalue weighted by atomic mass is 15.2. The van der Waals surface area contributed by atoms with Crippen LogP contribution in [0.15, 0.2) is 0 Å². The standard InChI is InChI=1S/C18H38N2/c1-4-7-9-12-18(11-6-3,13-10-8-5-2)20-16-14-19-15-17-20/h19H,4-17H2,1-3H3. The Labute approximate surface area is 127 Å².